The minimum Gasteiger partial charge on any atom is -0.397 e. The number of amides is 1. The molecule has 2 atom stereocenters. The number of nitrogens with zero attached hydrogens (tertiary/aromatic N) is 1. The average molecular weight is 330 g/mol. The van der Waals surface area contributed by atoms with Gasteiger partial charge in [-0.1, -0.05) is 0 Å². The van der Waals surface area contributed by atoms with Crippen LogP contribution in [-0.4, -0.2) is 18.5 Å². The molecule has 1 aromatic rings. The first-order chi connectivity index (χ1) is 8.90. The Bertz CT molecular complexity index is 509. The number of hydrogen-bond donors (Lipinski definition) is 2. The Morgan fingerprint density at radius 1 is 1.47 bits per heavy atom. The Hall–Kier alpha value is -1.30. The topological polar surface area (TPSA) is 72.4 Å². The molecule has 4 N–H and O–H groups in total. The van der Waals surface area contributed by atoms with E-state index in [0.29, 0.717) is 22.4 Å². The second-order valence-corrected chi connectivity index (χ2v) is 5.86. The molecule has 0 saturated carbocycles. The second kappa shape index (κ2) is 5.36. The van der Waals surface area contributed by atoms with Gasteiger partial charge in [-0.15, -0.1) is 0 Å². The zero-order valence-corrected chi connectivity index (χ0v) is 12.3. The number of anilines is 2. The fourth-order valence-electron chi connectivity index (χ4n) is 2.48. The normalized spacial score (nSPS) is 23.4. The first kappa shape index (κ1) is 14.1. The standard InChI is InChI=1S/C13H17BrFN3O/c1-7-2-3-8(13(17)19)6-18(7)12-5-10(15)9(14)4-11(12)16/h4-5,7-8H,2-3,6,16H2,1H3,(H2,17,19). The van der Waals surface area contributed by atoms with Crippen LogP contribution < -0.4 is 16.4 Å². The molecule has 1 aliphatic rings. The van der Waals surface area contributed by atoms with Crippen LogP contribution >= 0.6 is 15.9 Å². The molecule has 1 heterocycles. The quantitative estimate of drug-likeness (QED) is 0.817. The summed E-state index contributed by atoms with van der Waals surface area (Å²) in [5, 5.41) is 0. The molecular formula is C13H17BrFN3O. The van der Waals surface area contributed by atoms with E-state index in [0.717, 1.165) is 12.8 Å². The van der Waals surface area contributed by atoms with Crippen LogP contribution in [0, 0.1) is 11.7 Å². The molecule has 1 fully saturated rings. The van der Waals surface area contributed by atoms with Gasteiger partial charge in [0, 0.05) is 18.7 Å². The number of halogens is 2. The van der Waals surface area contributed by atoms with Crippen molar-refractivity contribution in [1.29, 1.82) is 0 Å². The van der Waals surface area contributed by atoms with Gasteiger partial charge in [0.05, 0.1) is 21.8 Å². The molecule has 2 rings (SSSR count). The first-order valence-corrected chi connectivity index (χ1v) is 7.00. The summed E-state index contributed by atoms with van der Waals surface area (Å²) in [6.45, 7) is 2.53. The molecule has 1 aliphatic heterocycles. The summed E-state index contributed by atoms with van der Waals surface area (Å²) < 4.78 is 14.0. The predicted molar refractivity (Wildman–Crippen MR) is 77.2 cm³/mol. The van der Waals surface area contributed by atoms with E-state index >= 15 is 0 Å². The lowest BCUT2D eigenvalue weighted by Gasteiger charge is -2.39. The molecule has 2 unspecified atom stereocenters. The number of primary amides is 1. The van der Waals surface area contributed by atoms with Gasteiger partial charge in [-0.25, -0.2) is 4.39 Å². The van der Waals surface area contributed by atoms with E-state index in [2.05, 4.69) is 15.9 Å². The van der Waals surface area contributed by atoms with Gasteiger partial charge in [-0.05, 0) is 41.8 Å². The maximum Gasteiger partial charge on any atom is 0.222 e. The Morgan fingerprint density at radius 3 is 2.79 bits per heavy atom. The third kappa shape index (κ3) is 2.83. The number of hydrogen-bond acceptors (Lipinski definition) is 3. The van der Waals surface area contributed by atoms with Crippen LogP contribution in [-0.2, 0) is 4.79 Å². The fourth-order valence-corrected chi connectivity index (χ4v) is 2.84. The highest BCUT2D eigenvalue weighted by Gasteiger charge is 2.30. The Balaban J connectivity index is 2.33. The highest BCUT2D eigenvalue weighted by Crippen LogP contribution is 2.34. The van der Waals surface area contributed by atoms with E-state index < -0.39 is 0 Å². The van der Waals surface area contributed by atoms with Gasteiger partial charge < -0.3 is 16.4 Å². The van der Waals surface area contributed by atoms with Crippen LogP contribution in [0.25, 0.3) is 0 Å². The summed E-state index contributed by atoms with van der Waals surface area (Å²) in [6, 6.07) is 3.16. The SMILES string of the molecule is CC1CCC(C(N)=O)CN1c1cc(F)c(Br)cc1N. The fraction of sp³-hybridized carbons (Fsp3) is 0.462. The molecule has 1 aromatic carbocycles. The molecule has 4 nitrogen and oxygen atoms in total. The second-order valence-electron chi connectivity index (χ2n) is 5.00. The van der Waals surface area contributed by atoms with Crippen molar-refractivity contribution < 1.29 is 9.18 Å². The van der Waals surface area contributed by atoms with Gasteiger partial charge in [0.1, 0.15) is 5.82 Å². The van der Waals surface area contributed by atoms with Gasteiger partial charge in [-0.3, -0.25) is 4.79 Å². The van der Waals surface area contributed by atoms with E-state index in [1.807, 2.05) is 11.8 Å². The van der Waals surface area contributed by atoms with Crippen molar-refractivity contribution in [3.05, 3.63) is 22.4 Å². The summed E-state index contributed by atoms with van der Waals surface area (Å²) in [5.41, 5.74) is 12.4. The van der Waals surface area contributed by atoms with E-state index in [-0.39, 0.29) is 23.7 Å². The Labute approximate surface area is 120 Å². The van der Waals surface area contributed by atoms with Crippen molar-refractivity contribution in [1.82, 2.24) is 0 Å². The van der Waals surface area contributed by atoms with Gasteiger partial charge in [0.25, 0.3) is 0 Å². The first-order valence-electron chi connectivity index (χ1n) is 6.20. The van der Waals surface area contributed by atoms with Crippen LogP contribution in [0.4, 0.5) is 15.8 Å². The largest absolute Gasteiger partial charge is 0.397 e. The zero-order chi connectivity index (χ0) is 14.2. The van der Waals surface area contributed by atoms with Crippen molar-refractivity contribution in [3.63, 3.8) is 0 Å². The summed E-state index contributed by atoms with van der Waals surface area (Å²) >= 11 is 3.11. The Morgan fingerprint density at radius 2 is 2.16 bits per heavy atom. The van der Waals surface area contributed by atoms with Gasteiger partial charge >= 0.3 is 0 Å². The lowest BCUT2D eigenvalue weighted by molar-refractivity contribution is -0.122. The van der Waals surface area contributed by atoms with Gasteiger partial charge in [0.2, 0.25) is 5.91 Å². The summed E-state index contributed by atoms with van der Waals surface area (Å²) in [6.07, 6.45) is 1.61. The maximum absolute atomic E-state index is 13.7. The smallest absolute Gasteiger partial charge is 0.222 e. The number of carbonyl (C=O) groups excluding carboxylic acids is 1. The number of benzene rings is 1. The molecule has 1 saturated heterocycles. The highest BCUT2D eigenvalue weighted by molar-refractivity contribution is 9.10. The van der Waals surface area contributed by atoms with Gasteiger partial charge in [-0.2, -0.15) is 0 Å². The monoisotopic (exact) mass is 329 g/mol. The molecule has 104 valence electrons. The molecule has 0 radical (unpaired) electrons. The lowest BCUT2D eigenvalue weighted by Crippen LogP contribution is -2.46. The third-order valence-electron chi connectivity index (χ3n) is 3.66. The summed E-state index contributed by atoms with van der Waals surface area (Å²) in [4.78, 5) is 13.3. The minimum absolute atomic E-state index is 0.206. The van der Waals surface area contributed by atoms with E-state index in [1.165, 1.54) is 6.07 Å². The van der Waals surface area contributed by atoms with Crippen molar-refractivity contribution in [2.75, 3.05) is 17.2 Å². The molecule has 0 bridgehead atoms. The molecule has 19 heavy (non-hydrogen) atoms. The molecule has 0 aliphatic carbocycles. The number of carbonyl (C=O) groups is 1. The number of nitrogen functional groups attached to an aromatic ring is 1. The van der Waals surface area contributed by atoms with Gasteiger partial charge in [0.15, 0.2) is 0 Å². The predicted octanol–water partition coefficient (Wildman–Crippen LogP) is 2.26. The van der Waals surface area contributed by atoms with Crippen molar-refractivity contribution in [2.24, 2.45) is 11.7 Å². The number of nitrogens with two attached hydrogens (primary N) is 2. The number of rotatable bonds is 2. The average Bonchev–Trinajstić information content (AvgIpc) is 2.34. The van der Waals surface area contributed by atoms with Crippen molar-refractivity contribution in [3.8, 4) is 0 Å². The van der Waals surface area contributed by atoms with Crippen LogP contribution in [0.2, 0.25) is 0 Å². The zero-order valence-electron chi connectivity index (χ0n) is 10.7. The third-order valence-corrected chi connectivity index (χ3v) is 4.27. The highest BCUT2D eigenvalue weighted by atomic mass is 79.9. The minimum atomic E-state index is -0.363. The summed E-state index contributed by atoms with van der Waals surface area (Å²) in [7, 11) is 0. The molecule has 6 heteroatoms. The maximum atomic E-state index is 13.7. The van der Waals surface area contributed by atoms with Crippen LogP contribution in [0.1, 0.15) is 19.8 Å². The van der Waals surface area contributed by atoms with Crippen molar-refractivity contribution >= 4 is 33.2 Å². The molecule has 0 spiro atoms. The molecule has 0 aromatic heterocycles. The number of piperidine rings is 1. The Kier molecular flexibility index (Phi) is 3.99. The van der Waals surface area contributed by atoms with Crippen LogP contribution in [0.3, 0.4) is 0 Å². The van der Waals surface area contributed by atoms with Crippen LogP contribution in [0.15, 0.2) is 16.6 Å². The van der Waals surface area contributed by atoms with E-state index in [1.54, 1.807) is 6.07 Å². The van der Waals surface area contributed by atoms with Crippen molar-refractivity contribution in [2.45, 2.75) is 25.8 Å². The molecular weight excluding hydrogens is 313 g/mol. The molecule has 1 amide bonds. The lowest BCUT2D eigenvalue weighted by atomic mass is 9.92. The summed E-state index contributed by atoms with van der Waals surface area (Å²) in [5.74, 6) is -0.882. The van der Waals surface area contributed by atoms with E-state index in [9.17, 15) is 9.18 Å². The van der Waals surface area contributed by atoms with Crippen LogP contribution in [0.5, 0.6) is 0 Å². The van der Waals surface area contributed by atoms with E-state index in [4.69, 9.17) is 11.5 Å².